The Morgan fingerprint density at radius 2 is 1.91 bits per heavy atom. The molecule has 10 heteroatoms. The fourth-order valence-corrected chi connectivity index (χ4v) is 3.90. The molecule has 1 fully saturated rings. The van der Waals surface area contributed by atoms with Gasteiger partial charge in [-0.3, -0.25) is 4.79 Å². The van der Waals surface area contributed by atoms with E-state index in [0.717, 1.165) is 24.6 Å². The first kappa shape index (κ1) is 25.5. The number of carbonyl (C=O) groups excluding carboxylic acids is 1. The minimum atomic E-state index is -0.727. The minimum Gasteiger partial charge on any atom is -0.382 e. The highest BCUT2D eigenvalue weighted by Crippen LogP contribution is 2.30. The molecule has 7 nitrogen and oxygen atoms in total. The topological polar surface area (TPSA) is 116 Å². The van der Waals surface area contributed by atoms with Gasteiger partial charge in [0.1, 0.15) is 23.1 Å². The van der Waals surface area contributed by atoms with Crippen LogP contribution in [0.2, 0.25) is 5.02 Å². The lowest BCUT2D eigenvalue weighted by Gasteiger charge is -2.22. The molecular weight excluding hydrogens is 464 g/mol. The third-order valence-electron chi connectivity index (χ3n) is 5.32. The number of halogens is 3. The van der Waals surface area contributed by atoms with Crippen molar-refractivity contribution in [2.75, 3.05) is 26.0 Å². The maximum Gasteiger partial charge on any atom is 0.254 e. The Morgan fingerprint density at radius 1 is 1.18 bits per heavy atom. The Labute approximate surface area is 201 Å². The molecule has 1 saturated heterocycles. The highest BCUT2D eigenvalue weighted by molar-refractivity contribution is 6.30. The molecule has 2 aromatic carbocycles. The van der Waals surface area contributed by atoms with E-state index in [1.165, 1.54) is 31.3 Å². The molecule has 0 bridgehead atoms. The Hall–Kier alpha value is -3.14. The summed E-state index contributed by atoms with van der Waals surface area (Å²) in [5.41, 5.74) is 12.4. The van der Waals surface area contributed by atoms with Crippen molar-refractivity contribution in [1.29, 1.82) is 0 Å². The normalized spacial score (nSPS) is 13.7. The number of anilines is 1. The average molecular weight is 490 g/mol. The molecule has 1 aliphatic heterocycles. The number of carbonyl (C=O) groups is 1. The number of nitrogen functional groups attached to an aromatic ring is 1. The Morgan fingerprint density at radius 3 is 2.59 bits per heavy atom. The monoisotopic (exact) mass is 489 g/mol. The van der Waals surface area contributed by atoms with Gasteiger partial charge in [-0.1, -0.05) is 17.7 Å². The van der Waals surface area contributed by atoms with Crippen LogP contribution < -0.4 is 16.8 Å². The van der Waals surface area contributed by atoms with E-state index in [-0.39, 0.29) is 28.9 Å². The second kappa shape index (κ2) is 11.8. The standard InChI is InChI=1S/C23H21ClF2N4O2.CH5N/c24-16-7-13(8-17(25)10-16)11-29-23(31)18-2-1-15(9-19(18)26)21-22(27)28-12-20(30-21)14-3-5-32-6-4-14;1-2/h1-2,7-10,12,14H,3-6,11H2,(H2,27,28)(H,29,31);2H2,1H3. The number of ether oxygens (including phenoxy) is 1. The van der Waals surface area contributed by atoms with Crippen LogP contribution in [0, 0.1) is 11.6 Å². The van der Waals surface area contributed by atoms with Gasteiger partial charge in [-0.15, -0.1) is 0 Å². The molecular formula is C24H26ClF2N5O2. The molecule has 0 radical (unpaired) electrons. The maximum absolute atomic E-state index is 14.8. The second-order valence-corrected chi connectivity index (χ2v) is 8.01. The molecule has 3 aromatic rings. The van der Waals surface area contributed by atoms with Crippen molar-refractivity contribution in [1.82, 2.24) is 15.3 Å². The number of aromatic nitrogens is 2. The fraction of sp³-hybridized carbons (Fsp3) is 0.292. The van der Waals surface area contributed by atoms with Gasteiger partial charge in [0.2, 0.25) is 0 Å². The molecule has 4 rings (SSSR count). The van der Waals surface area contributed by atoms with Gasteiger partial charge in [-0.05, 0) is 55.8 Å². The molecule has 1 aromatic heterocycles. The zero-order chi connectivity index (χ0) is 24.7. The summed E-state index contributed by atoms with van der Waals surface area (Å²) in [7, 11) is 1.50. The predicted octanol–water partition coefficient (Wildman–Crippen LogP) is 4.06. The molecule has 180 valence electrons. The summed E-state index contributed by atoms with van der Waals surface area (Å²) in [6, 6.07) is 8.08. The lowest BCUT2D eigenvalue weighted by Crippen LogP contribution is -2.24. The number of hydrogen-bond donors (Lipinski definition) is 3. The van der Waals surface area contributed by atoms with Gasteiger partial charge in [-0.25, -0.2) is 18.7 Å². The molecule has 0 saturated carbocycles. The van der Waals surface area contributed by atoms with Gasteiger partial charge in [-0.2, -0.15) is 0 Å². The SMILES string of the molecule is CN.Nc1ncc(C2CCOCC2)nc1-c1ccc(C(=O)NCc2cc(F)cc(Cl)c2)c(F)c1. The van der Waals surface area contributed by atoms with Crippen molar-refractivity contribution in [2.45, 2.75) is 25.3 Å². The largest absolute Gasteiger partial charge is 0.382 e. The fourth-order valence-electron chi connectivity index (χ4n) is 3.65. The Kier molecular flexibility index (Phi) is 8.86. The van der Waals surface area contributed by atoms with Gasteiger partial charge in [0, 0.05) is 36.3 Å². The summed E-state index contributed by atoms with van der Waals surface area (Å²) in [5.74, 6) is -1.49. The van der Waals surface area contributed by atoms with Gasteiger partial charge in [0.25, 0.3) is 5.91 Å². The summed E-state index contributed by atoms with van der Waals surface area (Å²) < 4.78 is 33.6. The first-order valence-electron chi connectivity index (χ1n) is 10.7. The minimum absolute atomic E-state index is 0.00305. The third-order valence-corrected chi connectivity index (χ3v) is 5.54. The second-order valence-electron chi connectivity index (χ2n) is 7.57. The highest BCUT2D eigenvalue weighted by atomic mass is 35.5. The van der Waals surface area contributed by atoms with Crippen LogP contribution in [0.4, 0.5) is 14.6 Å². The van der Waals surface area contributed by atoms with E-state index < -0.39 is 17.5 Å². The van der Waals surface area contributed by atoms with Crippen molar-refractivity contribution in [3.63, 3.8) is 0 Å². The van der Waals surface area contributed by atoms with E-state index in [4.69, 9.17) is 22.1 Å². The van der Waals surface area contributed by atoms with Gasteiger partial charge in [0.05, 0.1) is 17.5 Å². The van der Waals surface area contributed by atoms with E-state index >= 15 is 0 Å². The number of nitrogens with one attached hydrogen (secondary N) is 1. The van der Waals surface area contributed by atoms with Crippen LogP contribution in [0.3, 0.4) is 0 Å². The number of nitrogens with zero attached hydrogens (tertiary/aromatic N) is 2. The van der Waals surface area contributed by atoms with Gasteiger partial charge < -0.3 is 21.5 Å². The van der Waals surface area contributed by atoms with Gasteiger partial charge >= 0.3 is 0 Å². The average Bonchev–Trinajstić information content (AvgIpc) is 2.84. The molecule has 5 N–H and O–H groups in total. The van der Waals surface area contributed by atoms with Crippen LogP contribution in [0.1, 0.15) is 40.4 Å². The summed E-state index contributed by atoms with van der Waals surface area (Å²) in [4.78, 5) is 21.3. The van der Waals surface area contributed by atoms with Crippen molar-refractivity contribution in [3.8, 4) is 11.3 Å². The van der Waals surface area contributed by atoms with E-state index in [0.29, 0.717) is 30.0 Å². The predicted molar refractivity (Wildman–Crippen MR) is 127 cm³/mol. The molecule has 0 aliphatic carbocycles. The molecule has 0 spiro atoms. The van der Waals surface area contributed by atoms with E-state index in [1.54, 1.807) is 12.3 Å². The van der Waals surface area contributed by atoms with Crippen molar-refractivity contribution in [2.24, 2.45) is 5.73 Å². The maximum atomic E-state index is 14.8. The number of benzene rings is 2. The number of nitrogens with two attached hydrogens (primary N) is 2. The Bertz CT molecular complexity index is 1140. The summed E-state index contributed by atoms with van der Waals surface area (Å²) in [6.07, 6.45) is 3.32. The highest BCUT2D eigenvalue weighted by Gasteiger charge is 2.20. The van der Waals surface area contributed by atoms with Crippen LogP contribution in [0.5, 0.6) is 0 Å². The summed E-state index contributed by atoms with van der Waals surface area (Å²) >= 11 is 5.82. The lowest BCUT2D eigenvalue weighted by atomic mass is 9.96. The number of amides is 1. The van der Waals surface area contributed by atoms with Gasteiger partial charge in [0.15, 0.2) is 0 Å². The third kappa shape index (κ3) is 6.25. The first-order valence-corrected chi connectivity index (χ1v) is 11.1. The van der Waals surface area contributed by atoms with Crippen LogP contribution in [-0.4, -0.2) is 36.1 Å². The van der Waals surface area contributed by atoms with Crippen LogP contribution in [0.15, 0.2) is 42.6 Å². The lowest BCUT2D eigenvalue weighted by molar-refractivity contribution is 0.0844. The van der Waals surface area contributed by atoms with E-state index in [9.17, 15) is 13.6 Å². The molecule has 0 unspecified atom stereocenters. The van der Waals surface area contributed by atoms with Crippen molar-refractivity contribution >= 4 is 23.3 Å². The van der Waals surface area contributed by atoms with Crippen molar-refractivity contribution < 1.29 is 18.3 Å². The van der Waals surface area contributed by atoms with Crippen LogP contribution >= 0.6 is 11.6 Å². The summed E-state index contributed by atoms with van der Waals surface area (Å²) in [5, 5.41) is 2.78. The number of hydrogen-bond acceptors (Lipinski definition) is 6. The quantitative estimate of drug-likeness (QED) is 0.497. The Balaban J connectivity index is 0.00000158. The summed E-state index contributed by atoms with van der Waals surface area (Å²) in [6.45, 7) is 1.32. The first-order chi connectivity index (χ1) is 16.4. The van der Waals surface area contributed by atoms with E-state index in [1.807, 2.05) is 0 Å². The van der Waals surface area contributed by atoms with Crippen LogP contribution in [-0.2, 0) is 11.3 Å². The van der Waals surface area contributed by atoms with Crippen LogP contribution in [0.25, 0.3) is 11.3 Å². The molecule has 1 aliphatic rings. The van der Waals surface area contributed by atoms with Crippen molar-refractivity contribution in [3.05, 3.63) is 76.1 Å². The molecule has 1 amide bonds. The molecule has 34 heavy (non-hydrogen) atoms. The number of rotatable bonds is 5. The zero-order valence-electron chi connectivity index (χ0n) is 18.7. The molecule has 0 atom stereocenters. The molecule has 2 heterocycles. The zero-order valence-corrected chi connectivity index (χ0v) is 19.4. The smallest absolute Gasteiger partial charge is 0.254 e. The van der Waals surface area contributed by atoms with E-state index in [2.05, 4.69) is 21.0 Å².